The van der Waals surface area contributed by atoms with Crippen molar-refractivity contribution in [1.82, 2.24) is 25.4 Å². The largest absolute Gasteiger partial charge is 0.461 e. The number of hydrogen-bond donors (Lipinski definition) is 2. The first-order valence-electron chi connectivity index (χ1n) is 23.9. The Morgan fingerprint density at radius 3 is 2.28 bits per heavy atom. The van der Waals surface area contributed by atoms with Gasteiger partial charge in [0.15, 0.2) is 5.78 Å². The second-order valence-corrected chi connectivity index (χ2v) is 20.2. The number of likely N-dealkylation sites (N-methyl/N-ethyl adjacent to an activating group) is 1. The molecular formula is C50H81N5O8S. The fraction of sp³-hybridized carbons (Fsp3) is 0.720. The minimum atomic E-state index is -0.650. The number of likely N-dealkylation sites (tertiary alicyclic amines) is 1. The van der Waals surface area contributed by atoms with Crippen molar-refractivity contribution in [1.29, 1.82) is 0 Å². The number of carbonyl (C=O) groups excluding carboxylic acids is 5. The van der Waals surface area contributed by atoms with E-state index < -0.39 is 47.7 Å². The molecule has 14 heteroatoms. The van der Waals surface area contributed by atoms with E-state index in [1.54, 1.807) is 40.0 Å². The standard InChI is InChI=1S/C50H81N5O8S/c1-13-24-55(47(58)39(34(6)15-3)29-43(56)41-23-19-20-25-54(41)12)42(33(4)5)30-44(61-26-14-2)46-53-40(32-64-46)45(57)52-38(28-37-21-17-16-18-22-37)27-35(7)48(59)62-36(8)31-51-49(60)63-50(9,10)11/h16-18,21-22,32-36,38-39,41-42,44H,13-15,19-20,23-31H2,1-12H3,(H,51,60)(H,52,57)/t34-,35-,36?,38+,39-,41+,42+,44+/m0/s1. The van der Waals surface area contributed by atoms with Crippen LogP contribution in [-0.2, 0) is 35.0 Å². The lowest BCUT2D eigenvalue weighted by atomic mass is 9.82. The maximum Gasteiger partial charge on any atom is 0.407 e. The molecule has 3 amide bonds. The van der Waals surface area contributed by atoms with Gasteiger partial charge in [0.2, 0.25) is 5.91 Å². The number of piperidine rings is 1. The lowest BCUT2D eigenvalue weighted by Crippen LogP contribution is -2.50. The number of ether oxygens (including phenoxy) is 3. The van der Waals surface area contributed by atoms with Crippen molar-refractivity contribution in [2.45, 2.75) is 176 Å². The molecule has 1 aromatic heterocycles. The number of alkyl carbamates (subject to hydrolysis) is 1. The highest BCUT2D eigenvalue weighted by Crippen LogP contribution is 2.34. The number of thiazole rings is 1. The minimum Gasteiger partial charge on any atom is -0.461 e. The molecule has 1 fully saturated rings. The van der Waals surface area contributed by atoms with E-state index in [1.807, 2.05) is 49.2 Å². The van der Waals surface area contributed by atoms with Crippen molar-refractivity contribution in [3.8, 4) is 0 Å². The maximum absolute atomic E-state index is 14.8. The molecule has 13 nitrogen and oxygen atoms in total. The van der Waals surface area contributed by atoms with Crippen LogP contribution in [0.25, 0.3) is 0 Å². The van der Waals surface area contributed by atoms with Gasteiger partial charge in [-0.05, 0) is 97.2 Å². The molecule has 1 aliphatic rings. The Bertz CT molecular complexity index is 1750. The van der Waals surface area contributed by atoms with E-state index >= 15 is 0 Å². The van der Waals surface area contributed by atoms with Gasteiger partial charge in [0.25, 0.3) is 5.91 Å². The lowest BCUT2D eigenvalue weighted by Gasteiger charge is -2.40. The van der Waals surface area contributed by atoms with Crippen molar-refractivity contribution in [3.63, 3.8) is 0 Å². The lowest BCUT2D eigenvalue weighted by molar-refractivity contribution is -0.152. The topological polar surface area (TPSA) is 156 Å². The van der Waals surface area contributed by atoms with E-state index in [9.17, 15) is 24.0 Å². The predicted octanol–water partition coefficient (Wildman–Crippen LogP) is 9.19. The predicted molar refractivity (Wildman–Crippen MR) is 254 cm³/mol. The van der Waals surface area contributed by atoms with Crippen molar-refractivity contribution in [3.05, 3.63) is 52.0 Å². The normalized spacial score (nSPS) is 17.9. The Morgan fingerprint density at radius 1 is 0.969 bits per heavy atom. The first-order valence-corrected chi connectivity index (χ1v) is 24.8. The summed E-state index contributed by atoms with van der Waals surface area (Å²) in [6.07, 6.45) is 5.19. The first kappa shape index (κ1) is 54.5. The number of amides is 3. The Labute approximate surface area is 388 Å². The van der Waals surface area contributed by atoms with E-state index in [1.165, 1.54) is 11.3 Å². The molecule has 0 bridgehead atoms. The third-order valence-corrected chi connectivity index (χ3v) is 13.0. The number of benzene rings is 1. The van der Waals surface area contributed by atoms with Gasteiger partial charge in [0, 0.05) is 49.4 Å². The fourth-order valence-corrected chi connectivity index (χ4v) is 9.19. The van der Waals surface area contributed by atoms with Gasteiger partial charge < -0.3 is 29.7 Å². The molecule has 0 saturated carbocycles. The molecular weight excluding hydrogens is 831 g/mol. The molecule has 0 spiro atoms. The Morgan fingerprint density at radius 2 is 1.67 bits per heavy atom. The molecule has 0 radical (unpaired) electrons. The summed E-state index contributed by atoms with van der Waals surface area (Å²) in [4.78, 5) is 77.1. The van der Waals surface area contributed by atoms with Crippen LogP contribution in [0.15, 0.2) is 35.7 Å². The molecule has 8 atom stereocenters. The SMILES string of the molecule is CCCO[C@H](C[C@H](C(C)C)N(CCC)C(=O)[C@@H](CC(=O)[C@H]1CCCCN1C)[C@@H](C)CC)c1nc(C(=O)N[C@@H](Cc2ccccc2)C[C@H](C)C(=O)OC(C)CNC(=O)OC(C)(C)C)cs1. The van der Waals surface area contributed by atoms with Gasteiger partial charge >= 0.3 is 12.1 Å². The number of nitrogens with zero attached hydrogens (tertiary/aromatic N) is 3. The summed E-state index contributed by atoms with van der Waals surface area (Å²) in [5.74, 6) is -1.46. The zero-order valence-electron chi connectivity index (χ0n) is 41.1. The summed E-state index contributed by atoms with van der Waals surface area (Å²) in [5.41, 5.74) is 0.608. The minimum absolute atomic E-state index is 0.0321. The summed E-state index contributed by atoms with van der Waals surface area (Å²) >= 11 is 1.37. The van der Waals surface area contributed by atoms with Gasteiger partial charge in [0.1, 0.15) is 28.5 Å². The van der Waals surface area contributed by atoms with Gasteiger partial charge in [-0.15, -0.1) is 11.3 Å². The Balaban J connectivity index is 1.81. The highest BCUT2D eigenvalue weighted by molar-refractivity contribution is 7.09. The van der Waals surface area contributed by atoms with Crippen LogP contribution in [0.1, 0.15) is 161 Å². The van der Waals surface area contributed by atoms with Gasteiger partial charge in [-0.25, -0.2) is 9.78 Å². The van der Waals surface area contributed by atoms with E-state index in [-0.39, 0.29) is 60.2 Å². The third-order valence-electron chi connectivity index (χ3n) is 12.1. The Hall–Kier alpha value is -3.88. The van der Waals surface area contributed by atoms with Crippen LogP contribution in [0.3, 0.4) is 0 Å². The molecule has 0 aliphatic carbocycles. The molecule has 2 heterocycles. The average molecular weight is 912 g/mol. The number of hydrogen-bond acceptors (Lipinski definition) is 11. The molecule has 1 aliphatic heterocycles. The second kappa shape index (κ2) is 26.9. The molecule has 1 aromatic carbocycles. The summed E-state index contributed by atoms with van der Waals surface area (Å²) in [5, 5.41) is 8.20. The van der Waals surface area contributed by atoms with E-state index in [2.05, 4.69) is 50.2 Å². The van der Waals surface area contributed by atoms with Crippen LogP contribution in [-0.4, -0.2) is 108 Å². The van der Waals surface area contributed by atoms with Crippen molar-refractivity contribution >= 4 is 41.0 Å². The summed E-state index contributed by atoms with van der Waals surface area (Å²) < 4.78 is 17.5. The number of esters is 1. The van der Waals surface area contributed by atoms with Crippen LogP contribution >= 0.6 is 11.3 Å². The average Bonchev–Trinajstić information content (AvgIpc) is 3.74. The molecule has 3 rings (SSSR count). The van der Waals surface area contributed by atoms with Crippen LogP contribution in [0.5, 0.6) is 0 Å². The van der Waals surface area contributed by atoms with E-state index in [4.69, 9.17) is 19.2 Å². The molecule has 1 unspecified atom stereocenters. The van der Waals surface area contributed by atoms with Crippen LogP contribution in [0, 0.1) is 23.7 Å². The van der Waals surface area contributed by atoms with Crippen LogP contribution in [0.2, 0.25) is 0 Å². The third kappa shape index (κ3) is 17.8. The molecule has 2 N–H and O–H groups in total. The molecule has 1 saturated heterocycles. The molecule has 64 heavy (non-hydrogen) atoms. The van der Waals surface area contributed by atoms with Crippen molar-refractivity contribution < 1.29 is 38.2 Å². The Kier molecular flexibility index (Phi) is 22.9. The van der Waals surface area contributed by atoms with Crippen LogP contribution < -0.4 is 10.6 Å². The summed E-state index contributed by atoms with van der Waals surface area (Å²) in [7, 11) is 2.02. The van der Waals surface area contributed by atoms with Gasteiger partial charge in [-0.3, -0.25) is 24.1 Å². The summed E-state index contributed by atoms with van der Waals surface area (Å²) in [6.45, 7) is 23.4. The quantitative estimate of drug-likeness (QED) is 0.0873. The van der Waals surface area contributed by atoms with Crippen molar-refractivity contribution in [2.24, 2.45) is 23.7 Å². The number of carbonyl (C=O) groups is 5. The van der Waals surface area contributed by atoms with E-state index in [0.29, 0.717) is 37.4 Å². The van der Waals surface area contributed by atoms with Crippen LogP contribution in [0.4, 0.5) is 4.79 Å². The highest BCUT2D eigenvalue weighted by atomic mass is 32.1. The number of rotatable bonds is 26. The monoisotopic (exact) mass is 912 g/mol. The first-order chi connectivity index (χ1) is 30.3. The van der Waals surface area contributed by atoms with Gasteiger partial charge in [-0.2, -0.15) is 0 Å². The van der Waals surface area contributed by atoms with Gasteiger partial charge in [0.05, 0.1) is 18.5 Å². The summed E-state index contributed by atoms with van der Waals surface area (Å²) in [6, 6.07) is 9.03. The molecule has 2 aromatic rings. The number of ketones is 1. The number of Topliss-reactive ketones (excluding diaryl/α,β-unsaturated/α-hetero) is 1. The zero-order chi connectivity index (χ0) is 47.6. The number of nitrogens with one attached hydrogen (secondary N) is 2. The fourth-order valence-electron chi connectivity index (χ4n) is 8.33. The smallest absolute Gasteiger partial charge is 0.407 e. The van der Waals surface area contributed by atoms with E-state index in [0.717, 1.165) is 50.6 Å². The zero-order valence-corrected chi connectivity index (χ0v) is 41.9. The molecule has 360 valence electrons. The maximum atomic E-state index is 14.8. The van der Waals surface area contributed by atoms with Crippen molar-refractivity contribution in [2.75, 3.05) is 33.3 Å². The van der Waals surface area contributed by atoms with Gasteiger partial charge in [-0.1, -0.05) is 91.6 Å². The highest BCUT2D eigenvalue weighted by Gasteiger charge is 2.38. The number of aromatic nitrogens is 1. The second-order valence-electron chi connectivity index (χ2n) is 19.3.